The van der Waals surface area contributed by atoms with Crippen LogP contribution in [0.4, 0.5) is 5.82 Å². The Morgan fingerprint density at radius 3 is 2.77 bits per heavy atom. The van der Waals surface area contributed by atoms with Crippen LogP contribution in [0.3, 0.4) is 0 Å². The topological polar surface area (TPSA) is 46.1 Å². The van der Waals surface area contributed by atoms with Gasteiger partial charge in [0.25, 0.3) is 0 Å². The van der Waals surface area contributed by atoms with Crippen molar-refractivity contribution in [2.75, 3.05) is 18.0 Å². The molecule has 0 aliphatic carbocycles. The molecule has 2 heterocycles. The molecule has 0 atom stereocenters. The highest BCUT2D eigenvalue weighted by atomic mass is 16.1. The minimum Gasteiger partial charge on any atom is -0.355 e. The normalized spacial score (nSPS) is 16.2. The summed E-state index contributed by atoms with van der Waals surface area (Å²) in [4.78, 5) is 20.7. The quantitative estimate of drug-likeness (QED) is 0.629. The summed E-state index contributed by atoms with van der Waals surface area (Å²) < 4.78 is 0. The lowest BCUT2D eigenvalue weighted by Gasteiger charge is -2.15. The van der Waals surface area contributed by atoms with Crippen molar-refractivity contribution >= 4 is 12.1 Å². The number of anilines is 1. The third-order valence-corrected chi connectivity index (χ3v) is 2.19. The van der Waals surface area contributed by atoms with Gasteiger partial charge in [-0.05, 0) is 12.8 Å². The zero-order chi connectivity index (χ0) is 9.10. The lowest BCUT2D eigenvalue weighted by Crippen LogP contribution is -2.19. The molecule has 0 radical (unpaired) electrons. The molecular weight excluding hydrogens is 166 g/mol. The van der Waals surface area contributed by atoms with E-state index in [-0.39, 0.29) is 0 Å². The minimum absolute atomic E-state index is 0.407. The second kappa shape index (κ2) is 3.51. The van der Waals surface area contributed by atoms with Crippen molar-refractivity contribution in [2.24, 2.45) is 0 Å². The van der Waals surface area contributed by atoms with Gasteiger partial charge < -0.3 is 4.90 Å². The van der Waals surface area contributed by atoms with Gasteiger partial charge in [-0.15, -0.1) is 0 Å². The Balaban J connectivity index is 2.23. The van der Waals surface area contributed by atoms with Gasteiger partial charge in [-0.1, -0.05) is 0 Å². The molecule has 0 N–H and O–H groups in total. The lowest BCUT2D eigenvalue weighted by atomic mass is 10.4. The molecule has 1 saturated heterocycles. The second-order valence-electron chi connectivity index (χ2n) is 3.11. The number of hydrogen-bond acceptors (Lipinski definition) is 4. The molecule has 2 rings (SSSR count). The van der Waals surface area contributed by atoms with Crippen LogP contribution in [0.25, 0.3) is 0 Å². The van der Waals surface area contributed by atoms with E-state index >= 15 is 0 Å². The Labute approximate surface area is 76.6 Å². The van der Waals surface area contributed by atoms with E-state index in [1.165, 1.54) is 19.0 Å². The van der Waals surface area contributed by atoms with Gasteiger partial charge in [-0.25, -0.2) is 4.98 Å². The van der Waals surface area contributed by atoms with Gasteiger partial charge in [0.2, 0.25) is 0 Å². The molecule has 4 heteroatoms. The van der Waals surface area contributed by atoms with Crippen molar-refractivity contribution in [3.05, 3.63) is 18.1 Å². The fraction of sp³-hybridized carbons (Fsp3) is 0.444. The Morgan fingerprint density at radius 2 is 2.08 bits per heavy atom. The van der Waals surface area contributed by atoms with Crippen molar-refractivity contribution in [2.45, 2.75) is 12.8 Å². The van der Waals surface area contributed by atoms with Crippen LogP contribution in [0.1, 0.15) is 23.3 Å². The highest BCUT2D eigenvalue weighted by molar-refractivity contribution is 5.71. The Hall–Kier alpha value is -1.45. The molecule has 1 aromatic rings. The highest BCUT2D eigenvalue weighted by Gasteiger charge is 2.13. The summed E-state index contributed by atoms with van der Waals surface area (Å²) in [5, 5.41) is 0. The van der Waals surface area contributed by atoms with Gasteiger partial charge in [0.15, 0.2) is 6.29 Å². The fourth-order valence-corrected chi connectivity index (χ4v) is 1.53. The van der Waals surface area contributed by atoms with E-state index in [1.807, 2.05) is 0 Å². The Morgan fingerprint density at radius 1 is 1.31 bits per heavy atom. The van der Waals surface area contributed by atoms with E-state index < -0.39 is 0 Å². The number of hydrogen-bond donors (Lipinski definition) is 0. The summed E-state index contributed by atoms with van der Waals surface area (Å²) in [6.07, 6.45) is 6.32. The second-order valence-corrected chi connectivity index (χ2v) is 3.11. The minimum atomic E-state index is 0.407. The molecule has 0 bridgehead atoms. The molecule has 1 aliphatic heterocycles. The molecule has 13 heavy (non-hydrogen) atoms. The van der Waals surface area contributed by atoms with Crippen LogP contribution in [0.15, 0.2) is 12.4 Å². The number of aldehydes is 1. The molecule has 1 aliphatic rings. The van der Waals surface area contributed by atoms with Gasteiger partial charge in [0, 0.05) is 13.1 Å². The zero-order valence-corrected chi connectivity index (χ0v) is 7.31. The molecule has 4 nitrogen and oxygen atoms in total. The molecular formula is C9H11N3O. The summed E-state index contributed by atoms with van der Waals surface area (Å²) in [5.74, 6) is 0.821. The van der Waals surface area contributed by atoms with Gasteiger partial charge in [0.05, 0.1) is 12.4 Å². The van der Waals surface area contributed by atoms with Crippen LogP contribution in [0, 0.1) is 0 Å². The summed E-state index contributed by atoms with van der Waals surface area (Å²) in [6.45, 7) is 2.05. The van der Waals surface area contributed by atoms with Crippen molar-refractivity contribution in [3.8, 4) is 0 Å². The van der Waals surface area contributed by atoms with Crippen LogP contribution in [0.2, 0.25) is 0 Å². The van der Waals surface area contributed by atoms with Gasteiger partial charge in [0.1, 0.15) is 11.5 Å². The molecule has 0 amide bonds. The monoisotopic (exact) mass is 177 g/mol. The first kappa shape index (κ1) is 8.16. The van der Waals surface area contributed by atoms with E-state index in [0.717, 1.165) is 25.2 Å². The summed E-state index contributed by atoms with van der Waals surface area (Å²) in [6, 6.07) is 0. The van der Waals surface area contributed by atoms with Crippen LogP contribution in [0.5, 0.6) is 0 Å². The van der Waals surface area contributed by atoms with Crippen molar-refractivity contribution in [1.82, 2.24) is 9.97 Å². The average Bonchev–Trinajstić information content (AvgIpc) is 2.71. The third kappa shape index (κ3) is 1.66. The molecule has 1 aromatic heterocycles. The number of carbonyl (C=O) groups is 1. The predicted octanol–water partition coefficient (Wildman–Crippen LogP) is 0.889. The van der Waals surface area contributed by atoms with E-state index in [9.17, 15) is 4.79 Å². The number of rotatable bonds is 2. The van der Waals surface area contributed by atoms with Gasteiger partial charge in [-0.3, -0.25) is 9.78 Å². The Kier molecular flexibility index (Phi) is 2.21. The van der Waals surface area contributed by atoms with E-state index in [2.05, 4.69) is 14.9 Å². The molecule has 0 aromatic carbocycles. The molecule has 68 valence electrons. The van der Waals surface area contributed by atoms with E-state index in [1.54, 1.807) is 6.20 Å². The Bertz CT molecular complexity index is 307. The van der Waals surface area contributed by atoms with Crippen LogP contribution in [-0.4, -0.2) is 29.3 Å². The smallest absolute Gasteiger partial charge is 0.170 e. The zero-order valence-electron chi connectivity index (χ0n) is 7.31. The third-order valence-electron chi connectivity index (χ3n) is 2.19. The molecule has 0 saturated carbocycles. The largest absolute Gasteiger partial charge is 0.355 e. The van der Waals surface area contributed by atoms with Gasteiger partial charge in [-0.2, -0.15) is 0 Å². The number of carbonyl (C=O) groups excluding carboxylic acids is 1. The summed E-state index contributed by atoms with van der Waals surface area (Å²) in [7, 11) is 0. The van der Waals surface area contributed by atoms with Crippen LogP contribution >= 0.6 is 0 Å². The predicted molar refractivity (Wildman–Crippen MR) is 48.9 cm³/mol. The van der Waals surface area contributed by atoms with Crippen LogP contribution < -0.4 is 4.90 Å². The van der Waals surface area contributed by atoms with Crippen molar-refractivity contribution < 1.29 is 4.79 Å². The van der Waals surface area contributed by atoms with Gasteiger partial charge >= 0.3 is 0 Å². The summed E-state index contributed by atoms with van der Waals surface area (Å²) in [5.41, 5.74) is 0.407. The van der Waals surface area contributed by atoms with E-state index in [4.69, 9.17) is 0 Å². The SMILES string of the molecule is O=Cc1cncc(N2CCCC2)n1. The number of nitrogens with zero attached hydrogens (tertiary/aromatic N) is 3. The first-order chi connectivity index (χ1) is 6.40. The van der Waals surface area contributed by atoms with Crippen molar-refractivity contribution in [1.29, 1.82) is 0 Å². The molecule has 0 unspecified atom stereocenters. The summed E-state index contributed by atoms with van der Waals surface area (Å²) >= 11 is 0. The first-order valence-corrected chi connectivity index (χ1v) is 4.42. The number of aromatic nitrogens is 2. The molecule has 1 fully saturated rings. The first-order valence-electron chi connectivity index (χ1n) is 4.42. The maximum atomic E-state index is 10.5. The highest BCUT2D eigenvalue weighted by Crippen LogP contribution is 2.15. The van der Waals surface area contributed by atoms with Crippen molar-refractivity contribution in [3.63, 3.8) is 0 Å². The average molecular weight is 177 g/mol. The fourth-order valence-electron chi connectivity index (χ4n) is 1.53. The lowest BCUT2D eigenvalue weighted by molar-refractivity contribution is 0.111. The maximum absolute atomic E-state index is 10.5. The van der Waals surface area contributed by atoms with E-state index in [0.29, 0.717) is 5.69 Å². The van der Waals surface area contributed by atoms with Crippen LogP contribution in [-0.2, 0) is 0 Å². The standard InChI is InChI=1S/C9H11N3O/c13-7-8-5-10-6-9(11-8)12-3-1-2-4-12/h5-7H,1-4H2. The molecule has 0 spiro atoms. The maximum Gasteiger partial charge on any atom is 0.170 e.